The number of hydrogen-bond acceptors (Lipinski definition) is 4. The van der Waals surface area contributed by atoms with Crippen molar-refractivity contribution in [2.45, 2.75) is 43.8 Å². The molecule has 1 atom stereocenters. The lowest BCUT2D eigenvalue weighted by Gasteiger charge is -2.30. The second kappa shape index (κ2) is 7.83. The third-order valence-corrected chi connectivity index (χ3v) is 6.93. The topological polar surface area (TPSA) is 66.5 Å². The third-order valence-electron chi connectivity index (χ3n) is 4.28. The molecule has 0 bridgehead atoms. The number of piperidine rings is 1. The molecule has 7 heteroatoms. The summed E-state index contributed by atoms with van der Waals surface area (Å²) >= 11 is 1.96. The number of carbonyl (C=O) groups is 1. The van der Waals surface area contributed by atoms with Crippen LogP contribution in [0.1, 0.15) is 38.5 Å². The van der Waals surface area contributed by atoms with Gasteiger partial charge in [0.25, 0.3) is 0 Å². The highest BCUT2D eigenvalue weighted by atomic mass is 32.2. The number of thioether (sulfide) groups is 1. The predicted octanol–water partition coefficient (Wildman–Crippen LogP) is 1.45. The molecule has 0 aromatic carbocycles. The summed E-state index contributed by atoms with van der Waals surface area (Å²) in [4.78, 5) is 12.1. The number of nitrogens with zero attached hydrogens (tertiary/aromatic N) is 1. The Morgan fingerprint density at radius 1 is 1.24 bits per heavy atom. The Kier molecular flexibility index (Phi) is 6.37. The maximum atomic E-state index is 12.1. The second-order valence-corrected chi connectivity index (χ2v) is 9.42. The fourth-order valence-electron chi connectivity index (χ4n) is 3.06. The van der Waals surface area contributed by atoms with Gasteiger partial charge in [-0.15, -0.1) is 0 Å². The molecular weight excluding hydrogens is 308 g/mol. The van der Waals surface area contributed by atoms with Gasteiger partial charge in [-0.05, 0) is 25.7 Å². The first-order valence-electron chi connectivity index (χ1n) is 7.81. The van der Waals surface area contributed by atoms with Crippen LogP contribution in [0.25, 0.3) is 0 Å². The van der Waals surface area contributed by atoms with Crippen LogP contribution in [0.2, 0.25) is 0 Å². The van der Waals surface area contributed by atoms with Crippen LogP contribution in [-0.4, -0.2) is 55.5 Å². The maximum absolute atomic E-state index is 12.1. The Hall–Kier alpha value is -0.270. The van der Waals surface area contributed by atoms with E-state index in [2.05, 4.69) is 5.32 Å². The zero-order chi connectivity index (χ0) is 15.3. The Labute approximate surface area is 132 Å². The normalized spacial score (nSPS) is 25.1. The molecule has 1 amide bonds. The summed E-state index contributed by atoms with van der Waals surface area (Å²) in [5, 5.41) is 3.74. The van der Waals surface area contributed by atoms with Crippen LogP contribution in [0.5, 0.6) is 0 Å². The first kappa shape index (κ1) is 17.1. The van der Waals surface area contributed by atoms with Crippen LogP contribution < -0.4 is 5.32 Å². The fourth-order valence-corrected chi connectivity index (χ4v) is 5.19. The van der Waals surface area contributed by atoms with E-state index < -0.39 is 10.0 Å². The van der Waals surface area contributed by atoms with Crippen LogP contribution in [0.15, 0.2) is 0 Å². The van der Waals surface area contributed by atoms with Crippen molar-refractivity contribution in [3.8, 4) is 0 Å². The molecule has 0 radical (unpaired) electrons. The molecule has 1 saturated heterocycles. The predicted molar refractivity (Wildman–Crippen MR) is 86.9 cm³/mol. The second-order valence-electron chi connectivity index (χ2n) is 6.03. The number of hydrogen-bond donors (Lipinski definition) is 1. The van der Waals surface area contributed by atoms with E-state index in [1.54, 1.807) is 0 Å². The van der Waals surface area contributed by atoms with Crippen molar-refractivity contribution in [1.82, 2.24) is 9.62 Å². The van der Waals surface area contributed by atoms with E-state index in [0.29, 0.717) is 19.6 Å². The monoisotopic (exact) mass is 334 g/mol. The van der Waals surface area contributed by atoms with E-state index >= 15 is 0 Å². The molecule has 5 nitrogen and oxygen atoms in total. The molecule has 1 heterocycles. The van der Waals surface area contributed by atoms with Crippen molar-refractivity contribution < 1.29 is 13.2 Å². The molecule has 1 N–H and O–H groups in total. The summed E-state index contributed by atoms with van der Waals surface area (Å²) in [6, 6.07) is 0. The molecule has 0 spiro atoms. The summed E-state index contributed by atoms with van der Waals surface area (Å²) in [5.74, 6) is 0.777. The summed E-state index contributed by atoms with van der Waals surface area (Å²) in [6.45, 7) is 1.57. The lowest BCUT2D eigenvalue weighted by Crippen LogP contribution is -2.45. The maximum Gasteiger partial charge on any atom is 0.224 e. The Morgan fingerprint density at radius 3 is 2.62 bits per heavy atom. The van der Waals surface area contributed by atoms with Gasteiger partial charge in [-0.1, -0.05) is 12.8 Å². The Bertz CT molecular complexity index is 447. The summed E-state index contributed by atoms with van der Waals surface area (Å²) < 4.78 is 24.5. The number of rotatable bonds is 6. The molecule has 0 aromatic rings. The van der Waals surface area contributed by atoms with E-state index in [0.717, 1.165) is 23.8 Å². The summed E-state index contributed by atoms with van der Waals surface area (Å²) in [6.07, 6.45) is 8.07. The number of sulfonamides is 1. The molecule has 1 aliphatic carbocycles. The minimum Gasteiger partial charge on any atom is -0.355 e. The zero-order valence-electron chi connectivity index (χ0n) is 12.7. The van der Waals surface area contributed by atoms with Crippen molar-refractivity contribution >= 4 is 27.7 Å². The molecule has 0 unspecified atom stereocenters. The minimum atomic E-state index is -3.18. The van der Waals surface area contributed by atoms with Crippen molar-refractivity contribution in [2.75, 3.05) is 31.6 Å². The molecule has 2 fully saturated rings. The van der Waals surface area contributed by atoms with E-state index in [4.69, 9.17) is 0 Å². The average Bonchev–Trinajstić information content (AvgIpc) is 2.96. The fraction of sp³-hybridized carbons (Fsp3) is 0.929. The molecule has 122 valence electrons. The van der Waals surface area contributed by atoms with Gasteiger partial charge in [0.05, 0.1) is 12.2 Å². The van der Waals surface area contributed by atoms with Gasteiger partial charge in [-0.3, -0.25) is 4.79 Å². The van der Waals surface area contributed by atoms with E-state index in [-0.39, 0.29) is 11.8 Å². The van der Waals surface area contributed by atoms with Crippen molar-refractivity contribution in [1.29, 1.82) is 0 Å². The van der Waals surface area contributed by atoms with E-state index in [1.165, 1.54) is 36.2 Å². The molecule has 21 heavy (non-hydrogen) atoms. The van der Waals surface area contributed by atoms with Gasteiger partial charge >= 0.3 is 0 Å². The van der Waals surface area contributed by atoms with Gasteiger partial charge in [-0.2, -0.15) is 11.8 Å². The van der Waals surface area contributed by atoms with Crippen molar-refractivity contribution in [2.24, 2.45) is 5.92 Å². The van der Waals surface area contributed by atoms with Crippen molar-refractivity contribution in [3.05, 3.63) is 0 Å². The van der Waals surface area contributed by atoms with Gasteiger partial charge < -0.3 is 5.32 Å². The standard InChI is InChI=1S/C14H26N2O3S2/c1-21(18,19)16-9-4-5-12(11-16)14(17)15-8-10-20-13-6-2-3-7-13/h12-13H,2-11H2,1H3,(H,15,17)/t12-/m1/s1. The highest BCUT2D eigenvalue weighted by Crippen LogP contribution is 2.28. The van der Waals surface area contributed by atoms with Crippen LogP contribution in [0, 0.1) is 5.92 Å². The van der Waals surface area contributed by atoms with Gasteiger partial charge in [-0.25, -0.2) is 12.7 Å². The van der Waals surface area contributed by atoms with Gasteiger partial charge in [0.1, 0.15) is 0 Å². The highest BCUT2D eigenvalue weighted by molar-refractivity contribution is 7.99. The van der Waals surface area contributed by atoms with Gasteiger partial charge in [0.2, 0.25) is 15.9 Å². The first-order valence-corrected chi connectivity index (χ1v) is 10.7. The molecular formula is C14H26N2O3S2. The van der Waals surface area contributed by atoms with Gasteiger partial charge in [0.15, 0.2) is 0 Å². The molecule has 1 aliphatic heterocycles. The average molecular weight is 335 g/mol. The van der Waals surface area contributed by atoms with E-state index in [1.807, 2.05) is 11.8 Å². The lowest BCUT2D eigenvalue weighted by molar-refractivity contribution is -0.125. The molecule has 2 rings (SSSR count). The van der Waals surface area contributed by atoms with Crippen LogP contribution in [0.4, 0.5) is 0 Å². The number of amides is 1. The third kappa shape index (κ3) is 5.45. The number of carbonyl (C=O) groups excluding carboxylic acids is 1. The smallest absolute Gasteiger partial charge is 0.224 e. The summed E-state index contributed by atoms with van der Waals surface area (Å²) in [7, 11) is -3.18. The zero-order valence-corrected chi connectivity index (χ0v) is 14.3. The van der Waals surface area contributed by atoms with Crippen LogP contribution in [-0.2, 0) is 14.8 Å². The Balaban J connectivity index is 1.67. The molecule has 0 aromatic heterocycles. The Morgan fingerprint density at radius 2 is 1.95 bits per heavy atom. The highest BCUT2D eigenvalue weighted by Gasteiger charge is 2.29. The van der Waals surface area contributed by atoms with Crippen LogP contribution in [0.3, 0.4) is 0 Å². The van der Waals surface area contributed by atoms with Gasteiger partial charge in [0, 0.05) is 30.6 Å². The summed E-state index contributed by atoms with van der Waals surface area (Å²) in [5.41, 5.74) is 0. The van der Waals surface area contributed by atoms with Crippen molar-refractivity contribution in [3.63, 3.8) is 0 Å². The first-order chi connectivity index (χ1) is 9.97. The lowest BCUT2D eigenvalue weighted by atomic mass is 9.99. The largest absolute Gasteiger partial charge is 0.355 e. The number of nitrogens with one attached hydrogen (secondary N) is 1. The molecule has 1 saturated carbocycles. The SMILES string of the molecule is CS(=O)(=O)N1CCC[C@@H](C(=O)NCCSC2CCCC2)C1. The molecule has 2 aliphatic rings. The quantitative estimate of drug-likeness (QED) is 0.747. The minimum absolute atomic E-state index is 0.00960. The van der Waals surface area contributed by atoms with Crippen LogP contribution >= 0.6 is 11.8 Å². The van der Waals surface area contributed by atoms with E-state index in [9.17, 15) is 13.2 Å².